The number of unbranched alkanes of at least 4 members (excludes halogenated alkanes) is 21. The summed E-state index contributed by atoms with van der Waals surface area (Å²) in [6.45, 7) is 2.42. The first-order valence-corrected chi connectivity index (χ1v) is 27.7. The molecule has 11 unspecified atom stereocenters. The lowest BCUT2D eigenvalue weighted by molar-refractivity contribution is -0.332. The van der Waals surface area contributed by atoms with Crippen molar-refractivity contribution in [2.75, 3.05) is 26.4 Å². The Balaban J connectivity index is 1.75. The van der Waals surface area contributed by atoms with Gasteiger partial charge in [0.25, 0.3) is 0 Å². The van der Waals surface area contributed by atoms with Gasteiger partial charge in [0.1, 0.15) is 55.4 Å². The van der Waals surface area contributed by atoms with Gasteiger partial charge in [-0.05, 0) is 38.5 Å². The maximum atomic E-state index is 13.0. The van der Waals surface area contributed by atoms with Gasteiger partial charge in [-0.25, -0.2) is 0 Å². The predicted octanol–water partition coefficient (Wildman–Crippen LogP) is 8.66. The van der Waals surface area contributed by atoms with Crippen LogP contribution in [0.3, 0.4) is 0 Å². The Hall–Kier alpha value is -2.54. The highest BCUT2D eigenvalue weighted by Gasteiger charge is 2.47. The summed E-state index contributed by atoms with van der Waals surface area (Å²) < 4.78 is 33.5. The topological polar surface area (TPSA) is 231 Å². The number of carbonyl (C=O) groups excluding carboxylic acids is 2. The molecule has 2 rings (SSSR count). The van der Waals surface area contributed by atoms with E-state index in [4.69, 9.17) is 28.4 Å². The average molecular weight is 1010 g/mol. The lowest BCUT2D eigenvalue weighted by atomic mass is 9.98. The largest absolute Gasteiger partial charge is 0.462 e. The molecule has 0 aromatic rings. The van der Waals surface area contributed by atoms with Crippen LogP contribution in [0.5, 0.6) is 0 Å². The number of aliphatic hydroxyl groups is 7. The first-order chi connectivity index (χ1) is 34.5. The molecule has 11 atom stereocenters. The van der Waals surface area contributed by atoms with Crippen LogP contribution < -0.4 is 0 Å². The van der Waals surface area contributed by atoms with Gasteiger partial charge < -0.3 is 64.2 Å². The van der Waals surface area contributed by atoms with Crippen molar-refractivity contribution in [3.63, 3.8) is 0 Å². The van der Waals surface area contributed by atoms with Crippen molar-refractivity contribution in [2.45, 2.75) is 268 Å². The van der Waals surface area contributed by atoms with Crippen LogP contribution in [0, 0.1) is 0 Å². The zero-order valence-corrected chi connectivity index (χ0v) is 43.7. The maximum absolute atomic E-state index is 13.0. The Labute approximate surface area is 427 Å². The van der Waals surface area contributed by atoms with Crippen molar-refractivity contribution in [2.24, 2.45) is 0 Å². The summed E-state index contributed by atoms with van der Waals surface area (Å²) in [5.74, 6) is -1.01. The zero-order valence-electron chi connectivity index (χ0n) is 43.7. The van der Waals surface area contributed by atoms with Crippen LogP contribution in [0.15, 0.2) is 48.6 Å². The van der Waals surface area contributed by atoms with Crippen molar-refractivity contribution in [3.8, 4) is 0 Å². The number of rotatable bonds is 43. The van der Waals surface area contributed by atoms with Gasteiger partial charge in [-0.3, -0.25) is 9.59 Å². The summed E-state index contributed by atoms with van der Waals surface area (Å²) in [6, 6.07) is 0. The third kappa shape index (κ3) is 30.4. The van der Waals surface area contributed by atoms with Gasteiger partial charge in [0.2, 0.25) is 0 Å². The number of hydrogen-bond acceptors (Lipinski definition) is 15. The van der Waals surface area contributed by atoms with Gasteiger partial charge >= 0.3 is 11.9 Å². The molecule has 0 aromatic carbocycles. The minimum atomic E-state index is -1.78. The highest BCUT2D eigenvalue weighted by molar-refractivity contribution is 5.70. The van der Waals surface area contributed by atoms with E-state index in [0.29, 0.717) is 19.3 Å². The molecule has 0 aliphatic carbocycles. The summed E-state index contributed by atoms with van der Waals surface area (Å²) >= 11 is 0. The Morgan fingerprint density at radius 3 is 1.37 bits per heavy atom. The summed E-state index contributed by atoms with van der Waals surface area (Å²) in [6.07, 6.45) is 31.7. The lowest BCUT2D eigenvalue weighted by Gasteiger charge is -2.42. The third-order valence-corrected chi connectivity index (χ3v) is 13.1. The molecule has 0 saturated carbocycles. The molecule has 0 aromatic heterocycles. The second kappa shape index (κ2) is 42.8. The van der Waals surface area contributed by atoms with E-state index in [1.807, 2.05) is 12.2 Å². The first-order valence-electron chi connectivity index (χ1n) is 27.7. The number of allylic oxidation sites excluding steroid dienone is 8. The van der Waals surface area contributed by atoms with E-state index in [2.05, 4.69) is 50.3 Å². The van der Waals surface area contributed by atoms with E-state index in [-0.39, 0.29) is 19.4 Å². The van der Waals surface area contributed by atoms with Crippen molar-refractivity contribution in [3.05, 3.63) is 48.6 Å². The van der Waals surface area contributed by atoms with Crippen molar-refractivity contribution >= 4 is 11.9 Å². The second-order valence-corrected chi connectivity index (χ2v) is 19.4. The first kappa shape index (κ1) is 64.6. The fourth-order valence-corrected chi connectivity index (χ4v) is 8.58. The van der Waals surface area contributed by atoms with Crippen LogP contribution >= 0.6 is 0 Å². The molecule has 0 radical (unpaired) electrons. The van der Waals surface area contributed by atoms with Crippen LogP contribution in [-0.2, 0) is 38.0 Å². The van der Waals surface area contributed by atoms with Crippen molar-refractivity contribution in [1.82, 2.24) is 0 Å². The summed E-state index contributed by atoms with van der Waals surface area (Å²) in [7, 11) is 0. The highest BCUT2D eigenvalue weighted by Crippen LogP contribution is 2.26. The quantitative estimate of drug-likeness (QED) is 0.0172. The van der Waals surface area contributed by atoms with Crippen LogP contribution in [0.1, 0.15) is 200 Å². The molecular weight excluding hydrogens is 913 g/mol. The molecule has 2 saturated heterocycles. The van der Waals surface area contributed by atoms with Crippen LogP contribution in [0.2, 0.25) is 0 Å². The van der Waals surface area contributed by atoms with E-state index in [1.54, 1.807) is 0 Å². The van der Waals surface area contributed by atoms with Crippen LogP contribution in [0.4, 0.5) is 0 Å². The Morgan fingerprint density at radius 1 is 0.465 bits per heavy atom. The number of hydrogen-bond donors (Lipinski definition) is 7. The van der Waals surface area contributed by atoms with Gasteiger partial charge in [-0.15, -0.1) is 0 Å². The van der Waals surface area contributed by atoms with E-state index in [9.17, 15) is 45.3 Å². The molecule has 2 aliphatic heterocycles. The van der Waals surface area contributed by atoms with Crippen molar-refractivity contribution in [1.29, 1.82) is 0 Å². The normalized spacial score (nSPS) is 25.5. The molecule has 2 fully saturated rings. The molecule has 412 valence electrons. The Bertz CT molecular complexity index is 1420. The molecule has 2 heterocycles. The fraction of sp³-hybridized carbons (Fsp3) is 0.821. The van der Waals surface area contributed by atoms with Crippen molar-refractivity contribution < 1.29 is 73.8 Å². The predicted molar refractivity (Wildman–Crippen MR) is 275 cm³/mol. The van der Waals surface area contributed by atoms with Gasteiger partial charge in [-0.2, -0.15) is 0 Å². The molecule has 71 heavy (non-hydrogen) atoms. The molecule has 0 amide bonds. The summed E-state index contributed by atoms with van der Waals surface area (Å²) in [5.41, 5.74) is 0. The lowest BCUT2D eigenvalue weighted by Crippen LogP contribution is -2.61. The molecular formula is C56H98O15. The number of esters is 2. The van der Waals surface area contributed by atoms with E-state index < -0.39 is 99.3 Å². The van der Waals surface area contributed by atoms with Crippen LogP contribution in [0.25, 0.3) is 0 Å². The smallest absolute Gasteiger partial charge is 0.306 e. The van der Waals surface area contributed by atoms with Gasteiger partial charge in [0, 0.05) is 12.8 Å². The average Bonchev–Trinajstić information content (AvgIpc) is 3.36. The summed E-state index contributed by atoms with van der Waals surface area (Å²) in [5, 5.41) is 72.1. The Kier molecular flexibility index (Phi) is 38.9. The van der Waals surface area contributed by atoms with Gasteiger partial charge in [-0.1, -0.05) is 197 Å². The minimum Gasteiger partial charge on any atom is -0.462 e. The highest BCUT2D eigenvalue weighted by atomic mass is 16.7. The fourth-order valence-electron chi connectivity index (χ4n) is 8.58. The number of aliphatic hydroxyl groups excluding tert-OH is 7. The third-order valence-electron chi connectivity index (χ3n) is 13.1. The molecule has 0 spiro atoms. The van der Waals surface area contributed by atoms with E-state index in [1.165, 1.54) is 116 Å². The molecule has 15 heteroatoms. The summed E-state index contributed by atoms with van der Waals surface area (Å²) in [4.78, 5) is 25.8. The van der Waals surface area contributed by atoms with E-state index in [0.717, 1.165) is 38.5 Å². The standard InChI is InChI=1S/C56H98O15/c1-3-5-7-9-11-13-15-17-18-19-20-21-22-23-24-25-27-28-30-32-34-36-38-47(58)66-41-44(69-48(59)39-37-35-33-31-29-26-16-14-12-10-8-6-4-2)42-67-55-54(65)52(63)50(61)46(71-55)43-68-56-53(64)51(62)49(60)45(40-57)70-56/h6,8,12,14,26,29,33,35,44-46,49-57,60-65H,3-5,7,9-11,13,15-25,27-28,30-32,34,36-43H2,1-2H3/b8-6-,14-12-,29-26-,35-33-. The Morgan fingerprint density at radius 2 is 0.887 bits per heavy atom. The molecule has 0 bridgehead atoms. The maximum Gasteiger partial charge on any atom is 0.306 e. The van der Waals surface area contributed by atoms with Gasteiger partial charge in [0.05, 0.1) is 19.8 Å². The molecule has 2 aliphatic rings. The van der Waals surface area contributed by atoms with Gasteiger partial charge in [0.15, 0.2) is 18.7 Å². The molecule has 15 nitrogen and oxygen atoms in total. The van der Waals surface area contributed by atoms with Crippen LogP contribution in [-0.4, -0.2) is 142 Å². The molecule has 7 N–H and O–H groups in total. The monoisotopic (exact) mass is 1010 g/mol. The minimum absolute atomic E-state index is 0.0446. The number of carbonyl (C=O) groups is 2. The number of ether oxygens (including phenoxy) is 6. The zero-order chi connectivity index (χ0) is 51.7. The SMILES string of the molecule is CC/C=C\C/C=C\C/C=C\C/C=C\CCC(=O)OC(COC(=O)CCCCCCCCCCCCCCCCCCCCCCCC)COC1OC(COC2OC(CO)C(O)C(O)C2O)C(O)C(O)C1O. The van der Waals surface area contributed by atoms with E-state index >= 15 is 0 Å². The second-order valence-electron chi connectivity index (χ2n) is 19.4.